The van der Waals surface area contributed by atoms with Gasteiger partial charge in [0.05, 0.1) is 12.6 Å². The van der Waals surface area contributed by atoms with Crippen LogP contribution in [0.5, 0.6) is 0 Å². The highest BCUT2D eigenvalue weighted by atomic mass is 16.3. The molecule has 0 aliphatic heterocycles. The molecule has 13 heavy (non-hydrogen) atoms. The highest BCUT2D eigenvalue weighted by molar-refractivity contribution is 5.78. The Morgan fingerprint density at radius 3 is 2.23 bits per heavy atom. The summed E-state index contributed by atoms with van der Waals surface area (Å²) in [6, 6.07) is -0.0892. The third-order valence-electron chi connectivity index (χ3n) is 2.47. The van der Waals surface area contributed by atoms with Gasteiger partial charge in [0.2, 0.25) is 5.91 Å². The van der Waals surface area contributed by atoms with Crippen LogP contribution in [0.25, 0.3) is 0 Å². The molecule has 3 heteroatoms. The molecule has 1 amide bonds. The molecule has 0 rings (SSSR count). The molecule has 0 fully saturated rings. The lowest BCUT2D eigenvalue weighted by Crippen LogP contribution is -2.41. The third kappa shape index (κ3) is 4.27. The molecule has 0 saturated carbocycles. The monoisotopic (exact) mass is 187 g/mol. The van der Waals surface area contributed by atoms with E-state index in [2.05, 4.69) is 5.32 Å². The number of aliphatic hydroxyl groups is 1. The fourth-order valence-electron chi connectivity index (χ4n) is 0.912. The molecule has 0 aromatic rings. The average molecular weight is 187 g/mol. The Morgan fingerprint density at radius 1 is 1.38 bits per heavy atom. The van der Waals surface area contributed by atoms with E-state index >= 15 is 0 Å². The zero-order chi connectivity index (χ0) is 10.4. The minimum absolute atomic E-state index is 0.0144. The maximum Gasteiger partial charge on any atom is 0.223 e. The number of nitrogens with one attached hydrogen (secondary N) is 1. The van der Waals surface area contributed by atoms with E-state index in [9.17, 15) is 4.79 Å². The van der Waals surface area contributed by atoms with Gasteiger partial charge in [-0.25, -0.2) is 0 Å². The molecule has 0 saturated heterocycles. The molecule has 0 radical (unpaired) electrons. The normalized spacial score (nSPS) is 15.5. The van der Waals surface area contributed by atoms with Crippen molar-refractivity contribution in [1.29, 1.82) is 0 Å². The summed E-state index contributed by atoms with van der Waals surface area (Å²) in [5.74, 6) is 0.396. The van der Waals surface area contributed by atoms with Gasteiger partial charge in [-0.05, 0) is 12.3 Å². The lowest BCUT2D eigenvalue weighted by molar-refractivity contribution is -0.126. The predicted octanol–water partition coefficient (Wildman–Crippen LogP) is 1.17. The number of carbonyl (C=O) groups excluding carboxylic acids is 1. The number of rotatable bonds is 5. The highest BCUT2D eigenvalue weighted by Crippen LogP contribution is 2.09. The van der Waals surface area contributed by atoms with Gasteiger partial charge in [-0.3, -0.25) is 4.79 Å². The minimum atomic E-state index is -0.0892. The van der Waals surface area contributed by atoms with E-state index in [0.29, 0.717) is 5.92 Å². The second-order valence-electron chi connectivity index (χ2n) is 3.83. The van der Waals surface area contributed by atoms with Crippen molar-refractivity contribution in [3.05, 3.63) is 0 Å². The Hall–Kier alpha value is -0.570. The van der Waals surface area contributed by atoms with Gasteiger partial charge < -0.3 is 10.4 Å². The Bertz CT molecular complexity index is 153. The molecular weight excluding hydrogens is 166 g/mol. The topological polar surface area (TPSA) is 49.3 Å². The van der Waals surface area contributed by atoms with E-state index in [1.165, 1.54) is 0 Å². The predicted molar refractivity (Wildman–Crippen MR) is 53.3 cm³/mol. The van der Waals surface area contributed by atoms with E-state index in [0.717, 1.165) is 6.42 Å². The first-order valence-electron chi connectivity index (χ1n) is 4.94. The SMILES string of the molecule is CC[C@H](CO)NC(=O)C(C)C(C)C. The number of amides is 1. The van der Waals surface area contributed by atoms with Crippen molar-refractivity contribution < 1.29 is 9.90 Å². The Kier molecular flexibility index (Phi) is 5.71. The fourth-order valence-corrected chi connectivity index (χ4v) is 0.912. The fraction of sp³-hybridized carbons (Fsp3) is 0.900. The van der Waals surface area contributed by atoms with Crippen molar-refractivity contribution >= 4 is 5.91 Å². The number of hydrogen-bond donors (Lipinski definition) is 2. The smallest absolute Gasteiger partial charge is 0.223 e. The summed E-state index contributed by atoms with van der Waals surface area (Å²) in [5, 5.41) is 11.7. The van der Waals surface area contributed by atoms with Crippen LogP contribution in [0.15, 0.2) is 0 Å². The molecule has 0 aromatic heterocycles. The van der Waals surface area contributed by atoms with Crippen LogP contribution in [0.4, 0.5) is 0 Å². The average Bonchev–Trinajstić information content (AvgIpc) is 2.12. The summed E-state index contributed by atoms with van der Waals surface area (Å²) < 4.78 is 0. The summed E-state index contributed by atoms with van der Waals surface area (Å²) in [6.07, 6.45) is 0.771. The van der Waals surface area contributed by atoms with Gasteiger partial charge in [0.1, 0.15) is 0 Å². The zero-order valence-electron chi connectivity index (χ0n) is 9.00. The Labute approximate surface area is 80.5 Å². The quantitative estimate of drug-likeness (QED) is 0.678. The molecular formula is C10H21NO2. The van der Waals surface area contributed by atoms with E-state index < -0.39 is 0 Å². The summed E-state index contributed by atoms with van der Waals surface area (Å²) in [7, 11) is 0. The lowest BCUT2D eigenvalue weighted by Gasteiger charge is -2.19. The van der Waals surface area contributed by atoms with Crippen molar-refractivity contribution in [3.8, 4) is 0 Å². The van der Waals surface area contributed by atoms with Gasteiger partial charge in [0.25, 0.3) is 0 Å². The molecule has 2 N–H and O–H groups in total. The van der Waals surface area contributed by atoms with Crippen molar-refractivity contribution in [2.75, 3.05) is 6.61 Å². The summed E-state index contributed by atoms with van der Waals surface area (Å²) in [6.45, 7) is 7.91. The highest BCUT2D eigenvalue weighted by Gasteiger charge is 2.18. The molecule has 0 aliphatic rings. The van der Waals surface area contributed by atoms with E-state index in [1.807, 2.05) is 27.7 Å². The first kappa shape index (κ1) is 12.4. The van der Waals surface area contributed by atoms with Gasteiger partial charge in [-0.1, -0.05) is 27.7 Å². The van der Waals surface area contributed by atoms with Crippen molar-refractivity contribution in [3.63, 3.8) is 0 Å². The van der Waals surface area contributed by atoms with E-state index in [4.69, 9.17) is 5.11 Å². The second-order valence-corrected chi connectivity index (χ2v) is 3.83. The molecule has 0 spiro atoms. The molecule has 0 bridgehead atoms. The van der Waals surface area contributed by atoms with E-state index in [-0.39, 0.29) is 24.5 Å². The molecule has 0 heterocycles. The van der Waals surface area contributed by atoms with Crippen LogP contribution < -0.4 is 5.32 Å². The van der Waals surface area contributed by atoms with Crippen molar-refractivity contribution in [2.24, 2.45) is 11.8 Å². The van der Waals surface area contributed by atoms with Gasteiger partial charge in [-0.2, -0.15) is 0 Å². The maximum atomic E-state index is 11.5. The summed E-state index contributed by atoms with van der Waals surface area (Å²) >= 11 is 0. The van der Waals surface area contributed by atoms with Crippen LogP contribution in [-0.2, 0) is 4.79 Å². The molecule has 3 nitrogen and oxygen atoms in total. The van der Waals surface area contributed by atoms with Gasteiger partial charge in [0, 0.05) is 5.92 Å². The van der Waals surface area contributed by atoms with Gasteiger partial charge >= 0.3 is 0 Å². The third-order valence-corrected chi connectivity index (χ3v) is 2.47. The van der Waals surface area contributed by atoms with Crippen LogP contribution in [0.1, 0.15) is 34.1 Å². The molecule has 2 atom stereocenters. The van der Waals surface area contributed by atoms with Crippen LogP contribution in [0.2, 0.25) is 0 Å². The maximum absolute atomic E-state index is 11.5. The molecule has 78 valence electrons. The second kappa shape index (κ2) is 5.97. The molecule has 0 aliphatic carbocycles. The Morgan fingerprint density at radius 2 is 1.92 bits per heavy atom. The number of carbonyl (C=O) groups is 1. The van der Waals surface area contributed by atoms with E-state index in [1.54, 1.807) is 0 Å². The lowest BCUT2D eigenvalue weighted by atomic mass is 9.97. The minimum Gasteiger partial charge on any atom is -0.394 e. The number of hydrogen-bond acceptors (Lipinski definition) is 2. The molecule has 0 aromatic carbocycles. The zero-order valence-corrected chi connectivity index (χ0v) is 9.00. The van der Waals surface area contributed by atoms with Crippen LogP contribution in [-0.4, -0.2) is 23.7 Å². The summed E-state index contributed by atoms with van der Waals surface area (Å²) in [4.78, 5) is 11.5. The van der Waals surface area contributed by atoms with Crippen LogP contribution >= 0.6 is 0 Å². The van der Waals surface area contributed by atoms with Crippen molar-refractivity contribution in [1.82, 2.24) is 5.32 Å². The first-order chi connectivity index (χ1) is 6.02. The number of aliphatic hydroxyl groups excluding tert-OH is 1. The van der Waals surface area contributed by atoms with Gasteiger partial charge in [0.15, 0.2) is 0 Å². The molecule has 1 unspecified atom stereocenters. The van der Waals surface area contributed by atoms with Crippen LogP contribution in [0, 0.1) is 11.8 Å². The standard InChI is InChI=1S/C10H21NO2/c1-5-9(6-12)11-10(13)8(4)7(2)3/h7-9,12H,5-6H2,1-4H3,(H,11,13)/t8?,9-/m1/s1. The van der Waals surface area contributed by atoms with Gasteiger partial charge in [-0.15, -0.1) is 0 Å². The summed E-state index contributed by atoms with van der Waals surface area (Å²) in [5.41, 5.74) is 0. The van der Waals surface area contributed by atoms with Crippen molar-refractivity contribution in [2.45, 2.75) is 40.2 Å². The van der Waals surface area contributed by atoms with Crippen LogP contribution in [0.3, 0.4) is 0 Å². The first-order valence-corrected chi connectivity index (χ1v) is 4.94. The Balaban J connectivity index is 3.98. The largest absolute Gasteiger partial charge is 0.394 e.